The van der Waals surface area contributed by atoms with Crippen LogP contribution in [0.2, 0.25) is 5.02 Å². The molecule has 2 aromatic rings. The lowest BCUT2D eigenvalue weighted by atomic mass is 10.0. The molecule has 1 N–H and O–H groups in total. The normalized spacial score (nSPS) is 14.9. The Kier molecular flexibility index (Phi) is 4.70. The molecule has 0 aliphatic carbocycles. The molecule has 2 aromatic carbocycles. The summed E-state index contributed by atoms with van der Waals surface area (Å²) in [6.45, 7) is 7.50. The average molecular weight is 315 g/mol. The van der Waals surface area contributed by atoms with Gasteiger partial charge in [0, 0.05) is 30.3 Å². The van der Waals surface area contributed by atoms with Gasteiger partial charge in [-0.15, -0.1) is 0 Å². The summed E-state index contributed by atoms with van der Waals surface area (Å²) in [7, 11) is 0. The van der Waals surface area contributed by atoms with Crippen molar-refractivity contribution in [1.82, 2.24) is 5.32 Å². The van der Waals surface area contributed by atoms with E-state index in [1.807, 2.05) is 12.1 Å². The minimum atomic E-state index is 0.570. The number of rotatable bonds is 5. The van der Waals surface area contributed by atoms with Crippen LogP contribution in [0.1, 0.15) is 30.9 Å². The van der Waals surface area contributed by atoms with Crippen LogP contribution >= 0.6 is 11.6 Å². The van der Waals surface area contributed by atoms with Crippen molar-refractivity contribution in [2.45, 2.75) is 32.4 Å². The van der Waals surface area contributed by atoms with E-state index in [0.29, 0.717) is 12.0 Å². The van der Waals surface area contributed by atoms with Gasteiger partial charge in [0.1, 0.15) is 0 Å². The Balaban J connectivity index is 1.81. The molecule has 0 aromatic heterocycles. The molecule has 0 spiro atoms. The van der Waals surface area contributed by atoms with E-state index < -0.39 is 0 Å². The van der Waals surface area contributed by atoms with Gasteiger partial charge in [0.05, 0.1) is 6.04 Å². The van der Waals surface area contributed by atoms with Gasteiger partial charge in [-0.05, 0) is 41.3 Å². The molecule has 0 unspecified atom stereocenters. The third-order valence-corrected chi connectivity index (χ3v) is 4.61. The first-order chi connectivity index (χ1) is 10.6. The molecular formula is C19H23ClN2. The van der Waals surface area contributed by atoms with Crippen molar-refractivity contribution in [3.8, 4) is 0 Å². The molecule has 1 saturated heterocycles. The second-order valence-corrected chi connectivity index (χ2v) is 6.75. The third kappa shape index (κ3) is 3.45. The summed E-state index contributed by atoms with van der Waals surface area (Å²) in [5.41, 5.74) is 3.98. The largest absolute Gasteiger partial charge is 0.362 e. The van der Waals surface area contributed by atoms with Crippen LogP contribution in [0.15, 0.2) is 48.5 Å². The minimum Gasteiger partial charge on any atom is -0.362 e. The zero-order chi connectivity index (χ0) is 15.5. The zero-order valence-electron chi connectivity index (χ0n) is 13.2. The van der Waals surface area contributed by atoms with Gasteiger partial charge in [-0.1, -0.05) is 49.7 Å². The molecule has 0 atom stereocenters. The van der Waals surface area contributed by atoms with E-state index >= 15 is 0 Å². The van der Waals surface area contributed by atoms with E-state index in [1.54, 1.807) is 0 Å². The van der Waals surface area contributed by atoms with E-state index in [2.05, 4.69) is 60.5 Å². The summed E-state index contributed by atoms with van der Waals surface area (Å²) in [5.74, 6) is 0.573. The minimum absolute atomic E-state index is 0.570. The van der Waals surface area contributed by atoms with Crippen molar-refractivity contribution in [1.29, 1.82) is 0 Å². The van der Waals surface area contributed by atoms with Crippen molar-refractivity contribution >= 4 is 17.3 Å². The molecule has 22 heavy (non-hydrogen) atoms. The molecular weight excluding hydrogens is 292 g/mol. The molecule has 2 nitrogen and oxygen atoms in total. The van der Waals surface area contributed by atoms with Crippen LogP contribution in [0.5, 0.6) is 0 Å². The Labute approximate surface area is 138 Å². The molecule has 0 saturated carbocycles. The van der Waals surface area contributed by atoms with Gasteiger partial charge in [-0.3, -0.25) is 0 Å². The van der Waals surface area contributed by atoms with Gasteiger partial charge >= 0.3 is 0 Å². The van der Waals surface area contributed by atoms with Crippen molar-refractivity contribution in [3.05, 3.63) is 64.7 Å². The topological polar surface area (TPSA) is 15.3 Å². The van der Waals surface area contributed by atoms with Gasteiger partial charge in [-0.2, -0.15) is 0 Å². The highest BCUT2D eigenvalue weighted by molar-refractivity contribution is 6.30. The summed E-state index contributed by atoms with van der Waals surface area (Å²) in [6.07, 6.45) is 0. The Morgan fingerprint density at radius 3 is 2.18 bits per heavy atom. The molecule has 1 heterocycles. The number of hydrogen-bond acceptors (Lipinski definition) is 2. The smallest absolute Gasteiger partial charge is 0.0542 e. The maximum atomic E-state index is 5.99. The van der Waals surface area contributed by atoms with Crippen LogP contribution in [0.3, 0.4) is 0 Å². The zero-order valence-corrected chi connectivity index (χ0v) is 14.0. The van der Waals surface area contributed by atoms with Crippen LogP contribution < -0.4 is 10.2 Å². The van der Waals surface area contributed by atoms with E-state index in [1.165, 1.54) is 16.8 Å². The monoisotopic (exact) mass is 314 g/mol. The Morgan fingerprint density at radius 1 is 1.05 bits per heavy atom. The van der Waals surface area contributed by atoms with Crippen LogP contribution in [0.25, 0.3) is 0 Å². The van der Waals surface area contributed by atoms with E-state index in [-0.39, 0.29) is 0 Å². The number of nitrogens with one attached hydrogen (secondary N) is 1. The fourth-order valence-corrected chi connectivity index (χ4v) is 2.89. The summed E-state index contributed by atoms with van der Waals surface area (Å²) in [5, 5.41) is 4.17. The fraction of sp³-hybridized carbons (Fsp3) is 0.368. The predicted molar refractivity (Wildman–Crippen MR) is 94.8 cm³/mol. The summed E-state index contributed by atoms with van der Waals surface area (Å²) in [4.78, 5) is 2.49. The number of nitrogens with zero attached hydrogens (tertiary/aromatic N) is 1. The molecule has 1 aliphatic rings. The van der Waals surface area contributed by atoms with Crippen molar-refractivity contribution in [2.24, 2.45) is 0 Å². The number of anilines is 1. The van der Waals surface area contributed by atoms with Crippen molar-refractivity contribution in [2.75, 3.05) is 18.0 Å². The second kappa shape index (κ2) is 6.72. The molecule has 1 aliphatic heterocycles. The lowest BCUT2D eigenvalue weighted by Gasteiger charge is -2.40. The second-order valence-electron chi connectivity index (χ2n) is 6.31. The van der Waals surface area contributed by atoms with Crippen LogP contribution in [0.4, 0.5) is 5.69 Å². The highest BCUT2D eigenvalue weighted by Gasteiger charge is 2.25. The van der Waals surface area contributed by atoms with Crippen LogP contribution in [-0.4, -0.2) is 19.1 Å². The molecule has 0 bridgehead atoms. The van der Waals surface area contributed by atoms with Gasteiger partial charge in [0.15, 0.2) is 0 Å². The molecule has 3 rings (SSSR count). The lowest BCUT2D eigenvalue weighted by molar-refractivity contribution is 0.411. The summed E-state index contributed by atoms with van der Waals surface area (Å²) in [6, 6.07) is 17.7. The van der Waals surface area contributed by atoms with E-state index in [9.17, 15) is 0 Å². The van der Waals surface area contributed by atoms with E-state index in [0.717, 1.165) is 24.7 Å². The lowest BCUT2D eigenvalue weighted by Crippen LogP contribution is -2.57. The highest BCUT2D eigenvalue weighted by Crippen LogP contribution is 2.25. The van der Waals surface area contributed by atoms with Gasteiger partial charge in [-0.25, -0.2) is 0 Å². The van der Waals surface area contributed by atoms with Crippen LogP contribution in [-0.2, 0) is 6.54 Å². The van der Waals surface area contributed by atoms with Crippen molar-refractivity contribution in [3.63, 3.8) is 0 Å². The Hall–Kier alpha value is -1.51. The average Bonchev–Trinajstić information content (AvgIpc) is 2.47. The molecule has 116 valence electrons. The first-order valence-electron chi connectivity index (χ1n) is 7.95. The molecule has 3 heteroatoms. The summed E-state index contributed by atoms with van der Waals surface area (Å²) < 4.78 is 0. The molecule has 1 fully saturated rings. The highest BCUT2D eigenvalue weighted by atomic mass is 35.5. The maximum Gasteiger partial charge on any atom is 0.0542 e. The SMILES string of the molecule is CC(C)c1ccc(N(Cc2ccc(Cl)cc2)C2CNC2)cc1. The summed E-state index contributed by atoms with van der Waals surface area (Å²) >= 11 is 5.99. The first kappa shape index (κ1) is 15.4. The molecule has 0 radical (unpaired) electrons. The fourth-order valence-electron chi connectivity index (χ4n) is 2.76. The number of benzene rings is 2. The van der Waals surface area contributed by atoms with Crippen LogP contribution in [0, 0.1) is 0 Å². The standard InChI is InChI=1S/C19H23ClN2/c1-14(2)16-5-9-18(10-6-16)22(19-11-21-12-19)13-15-3-7-17(20)8-4-15/h3-10,14,19,21H,11-13H2,1-2H3. The molecule has 0 amide bonds. The quantitative estimate of drug-likeness (QED) is 0.877. The number of halogens is 1. The van der Waals surface area contributed by atoms with Gasteiger partial charge in [0.2, 0.25) is 0 Å². The Bertz CT molecular complexity index is 600. The third-order valence-electron chi connectivity index (χ3n) is 4.36. The van der Waals surface area contributed by atoms with Gasteiger partial charge in [0.25, 0.3) is 0 Å². The van der Waals surface area contributed by atoms with Crippen molar-refractivity contribution < 1.29 is 0 Å². The predicted octanol–water partition coefficient (Wildman–Crippen LogP) is 4.44. The number of hydrogen-bond donors (Lipinski definition) is 1. The Morgan fingerprint density at radius 2 is 1.68 bits per heavy atom. The maximum absolute atomic E-state index is 5.99. The first-order valence-corrected chi connectivity index (χ1v) is 8.33. The van der Waals surface area contributed by atoms with E-state index in [4.69, 9.17) is 11.6 Å². The van der Waals surface area contributed by atoms with Gasteiger partial charge < -0.3 is 10.2 Å².